The molecule has 12 heavy (non-hydrogen) atoms. The van der Waals surface area contributed by atoms with Gasteiger partial charge in [-0.2, -0.15) is 5.26 Å². The minimum absolute atomic E-state index is 0.0270. The topological polar surface area (TPSA) is 33.0 Å². The summed E-state index contributed by atoms with van der Waals surface area (Å²) in [5.74, 6) is -0.691. The predicted octanol–water partition coefficient (Wildman–Crippen LogP) is 2.36. The lowest BCUT2D eigenvalue weighted by Crippen LogP contribution is -1.92. The van der Waals surface area contributed by atoms with E-state index in [-0.39, 0.29) is 16.3 Å². The molecule has 0 aromatic heterocycles. The van der Waals surface area contributed by atoms with E-state index in [2.05, 4.69) is 4.74 Å². The van der Waals surface area contributed by atoms with Gasteiger partial charge in [0.15, 0.2) is 11.6 Å². The van der Waals surface area contributed by atoms with Gasteiger partial charge in [-0.25, -0.2) is 4.39 Å². The van der Waals surface area contributed by atoms with Crippen molar-refractivity contribution in [1.82, 2.24) is 0 Å². The van der Waals surface area contributed by atoms with Gasteiger partial charge >= 0.3 is 0 Å². The number of methoxy groups -OCH3 is 1. The number of rotatable bonds is 1. The highest BCUT2D eigenvalue weighted by Crippen LogP contribution is 2.28. The Kier molecular flexibility index (Phi) is 2.51. The Morgan fingerprint density at radius 3 is 2.67 bits per heavy atom. The van der Waals surface area contributed by atoms with Crippen molar-refractivity contribution in [2.45, 2.75) is 0 Å². The van der Waals surface area contributed by atoms with Crippen LogP contribution in [0.2, 0.25) is 5.02 Å². The standard InChI is InChI=1S/C8H5ClFNO/c1-12-8-5(4-11)6(9)2-3-7(8)10/h2-3H,1H3. The van der Waals surface area contributed by atoms with Gasteiger partial charge in [0.1, 0.15) is 11.6 Å². The van der Waals surface area contributed by atoms with Gasteiger partial charge in [0.2, 0.25) is 0 Å². The maximum Gasteiger partial charge on any atom is 0.173 e. The first-order chi connectivity index (χ1) is 5.70. The molecule has 1 aromatic rings. The van der Waals surface area contributed by atoms with Crippen molar-refractivity contribution in [3.8, 4) is 11.8 Å². The first-order valence-corrected chi connectivity index (χ1v) is 3.50. The first kappa shape index (κ1) is 8.82. The molecule has 0 amide bonds. The molecule has 0 bridgehead atoms. The Bertz CT molecular complexity index is 346. The molecule has 0 saturated heterocycles. The minimum atomic E-state index is -0.585. The molecule has 0 saturated carbocycles. The van der Waals surface area contributed by atoms with Crippen LogP contribution in [0.5, 0.6) is 5.75 Å². The average Bonchev–Trinajstić information content (AvgIpc) is 2.08. The molecule has 0 aliphatic heterocycles. The van der Waals surface area contributed by atoms with E-state index < -0.39 is 5.82 Å². The van der Waals surface area contributed by atoms with Gasteiger partial charge in [-0.05, 0) is 12.1 Å². The summed E-state index contributed by atoms with van der Waals surface area (Å²) in [5, 5.41) is 8.76. The number of hydrogen-bond donors (Lipinski definition) is 0. The van der Waals surface area contributed by atoms with Gasteiger partial charge in [-0.15, -0.1) is 0 Å². The average molecular weight is 186 g/mol. The summed E-state index contributed by atoms with van der Waals surface area (Å²) in [6.45, 7) is 0. The van der Waals surface area contributed by atoms with Crippen LogP contribution in [0.25, 0.3) is 0 Å². The van der Waals surface area contributed by atoms with Crippen molar-refractivity contribution in [3.63, 3.8) is 0 Å². The van der Waals surface area contributed by atoms with Crippen LogP contribution in [0.1, 0.15) is 5.56 Å². The summed E-state index contributed by atoms with van der Waals surface area (Å²) < 4.78 is 17.5. The lowest BCUT2D eigenvalue weighted by atomic mass is 10.2. The number of halogens is 2. The normalized spacial score (nSPS) is 9.17. The highest BCUT2D eigenvalue weighted by atomic mass is 35.5. The third-order valence-electron chi connectivity index (χ3n) is 1.37. The molecule has 0 spiro atoms. The molecule has 0 aliphatic carbocycles. The second-order valence-corrected chi connectivity index (χ2v) is 2.46. The largest absolute Gasteiger partial charge is 0.492 e. The SMILES string of the molecule is COc1c(F)ccc(Cl)c1C#N. The predicted molar refractivity (Wildman–Crippen MR) is 42.7 cm³/mol. The van der Waals surface area contributed by atoms with E-state index in [0.717, 1.165) is 6.07 Å². The Morgan fingerprint density at radius 1 is 1.58 bits per heavy atom. The third-order valence-corrected chi connectivity index (χ3v) is 1.69. The van der Waals surface area contributed by atoms with Crippen LogP contribution in [0.3, 0.4) is 0 Å². The highest BCUT2D eigenvalue weighted by molar-refractivity contribution is 6.31. The summed E-state index contributed by atoms with van der Waals surface area (Å²) >= 11 is 5.61. The second kappa shape index (κ2) is 3.42. The van der Waals surface area contributed by atoms with Crippen LogP contribution in [0, 0.1) is 17.1 Å². The van der Waals surface area contributed by atoms with Crippen molar-refractivity contribution in [1.29, 1.82) is 5.26 Å². The lowest BCUT2D eigenvalue weighted by molar-refractivity contribution is 0.385. The van der Waals surface area contributed by atoms with E-state index in [1.165, 1.54) is 13.2 Å². The maximum absolute atomic E-state index is 12.9. The van der Waals surface area contributed by atoms with E-state index in [0.29, 0.717) is 0 Å². The van der Waals surface area contributed by atoms with Crippen molar-refractivity contribution in [3.05, 3.63) is 28.5 Å². The minimum Gasteiger partial charge on any atom is -0.492 e. The van der Waals surface area contributed by atoms with Crippen LogP contribution in [-0.2, 0) is 0 Å². The zero-order valence-corrected chi connectivity index (χ0v) is 7.02. The molecule has 0 fully saturated rings. The molecule has 1 aromatic carbocycles. The molecule has 4 heteroatoms. The molecule has 0 radical (unpaired) electrons. The fourth-order valence-electron chi connectivity index (χ4n) is 0.837. The van der Waals surface area contributed by atoms with Crippen LogP contribution >= 0.6 is 11.6 Å². The molecule has 62 valence electrons. The van der Waals surface area contributed by atoms with Gasteiger partial charge in [-0.1, -0.05) is 11.6 Å². The monoisotopic (exact) mass is 185 g/mol. The van der Waals surface area contributed by atoms with Crippen molar-refractivity contribution >= 4 is 11.6 Å². The molecule has 0 N–H and O–H groups in total. The summed E-state index contributed by atoms with van der Waals surface area (Å²) in [6, 6.07) is 4.23. The van der Waals surface area contributed by atoms with E-state index in [1.807, 2.05) is 0 Å². The van der Waals surface area contributed by atoms with E-state index in [1.54, 1.807) is 6.07 Å². The smallest absolute Gasteiger partial charge is 0.173 e. The fourth-order valence-corrected chi connectivity index (χ4v) is 1.03. The molecule has 0 heterocycles. The molecule has 2 nitrogen and oxygen atoms in total. The molecule has 1 rings (SSSR count). The fraction of sp³-hybridized carbons (Fsp3) is 0.125. The van der Waals surface area contributed by atoms with Crippen LogP contribution in [-0.4, -0.2) is 7.11 Å². The van der Waals surface area contributed by atoms with E-state index in [4.69, 9.17) is 16.9 Å². The molecular weight excluding hydrogens is 181 g/mol. The van der Waals surface area contributed by atoms with Gasteiger partial charge in [0.25, 0.3) is 0 Å². The number of nitrogens with zero attached hydrogens (tertiary/aromatic N) is 1. The summed E-state index contributed by atoms with van der Waals surface area (Å²) in [4.78, 5) is 0. The van der Waals surface area contributed by atoms with Crippen LogP contribution < -0.4 is 4.74 Å². The van der Waals surface area contributed by atoms with Crippen LogP contribution in [0.15, 0.2) is 12.1 Å². The lowest BCUT2D eigenvalue weighted by Gasteiger charge is -2.04. The maximum atomic E-state index is 12.9. The second-order valence-electron chi connectivity index (χ2n) is 2.05. The van der Waals surface area contributed by atoms with Gasteiger partial charge in [-0.3, -0.25) is 0 Å². The van der Waals surface area contributed by atoms with Gasteiger partial charge in [0.05, 0.1) is 12.1 Å². The number of nitriles is 1. The molecule has 0 unspecified atom stereocenters. The van der Waals surface area contributed by atoms with Crippen molar-refractivity contribution < 1.29 is 9.13 Å². The van der Waals surface area contributed by atoms with Gasteiger partial charge < -0.3 is 4.74 Å². The number of benzene rings is 1. The van der Waals surface area contributed by atoms with Crippen molar-refractivity contribution in [2.75, 3.05) is 7.11 Å². The molecular formula is C8H5ClFNO. The zero-order valence-electron chi connectivity index (χ0n) is 6.27. The number of ether oxygens (including phenoxy) is 1. The summed E-state index contributed by atoms with van der Waals surface area (Å²) in [6.07, 6.45) is 0. The molecule has 0 atom stereocenters. The highest BCUT2D eigenvalue weighted by Gasteiger charge is 2.11. The van der Waals surface area contributed by atoms with Gasteiger partial charge in [0, 0.05) is 0 Å². The Labute approximate surface area is 74.1 Å². The Morgan fingerprint density at radius 2 is 2.25 bits per heavy atom. The first-order valence-electron chi connectivity index (χ1n) is 3.12. The van der Waals surface area contributed by atoms with E-state index >= 15 is 0 Å². The summed E-state index contributed by atoms with van der Waals surface area (Å²) in [5.41, 5.74) is 0.0270. The van der Waals surface area contributed by atoms with Crippen LogP contribution in [0.4, 0.5) is 4.39 Å². The van der Waals surface area contributed by atoms with E-state index in [9.17, 15) is 4.39 Å². The van der Waals surface area contributed by atoms with Crippen molar-refractivity contribution in [2.24, 2.45) is 0 Å². The quantitative estimate of drug-likeness (QED) is 0.673. The zero-order chi connectivity index (χ0) is 9.14. The third kappa shape index (κ3) is 1.34. The Hall–Kier alpha value is -1.27. The summed E-state index contributed by atoms with van der Waals surface area (Å²) in [7, 11) is 1.29. The Balaban J connectivity index is 3.41. The molecule has 0 aliphatic rings. The number of hydrogen-bond acceptors (Lipinski definition) is 2.